The second-order valence-corrected chi connectivity index (χ2v) is 5.02. The van der Waals surface area contributed by atoms with Crippen LogP contribution in [0, 0.1) is 0 Å². The van der Waals surface area contributed by atoms with E-state index >= 15 is 0 Å². The molecule has 1 N–H and O–H groups in total. The number of rotatable bonds is 7. The Morgan fingerprint density at radius 1 is 1.33 bits per heavy atom. The van der Waals surface area contributed by atoms with Crippen LogP contribution in [0.1, 0.15) is 35.6 Å². The number of benzene rings is 1. The zero-order valence-corrected chi connectivity index (χ0v) is 14.4. The molecule has 0 unspecified atom stereocenters. The van der Waals surface area contributed by atoms with E-state index in [-0.39, 0.29) is 5.91 Å². The fraction of sp³-hybridized carbons (Fsp3) is 0.353. The third kappa shape index (κ3) is 3.73. The molecule has 24 heavy (non-hydrogen) atoms. The Hall–Kier alpha value is -2.83. The van der Waals surface area contributed by atoms with E-state index in [2.05, 4.69) is 15.5 Å². The summed E-state index contributed by atoms with van der Waals surface area (Å²) in [5.41, 5.74) is 1.27. The molecule has 0 fully saturated rings. The summed E-state index contributed by atoms with van der Waals surface area (Å²) in [5.74, 6) is 1.60. The van der Waals surface area contributed by atoms with Crippen molar-refractivity contribution >= 4 is 12.0 Å². The minimum atomic E-state index is -0.215. The maximum absolute atomic E-state index is 12.5. The lowest BCUT2D eigenvalue weighted by molar-refractivity contribution is 0.0949. The molecule has 1 aromatic carbocycles. The van der Waals surface area contributed by atoms with Gasteiger partial charge in [0.05, 0.1) is 20.8 Å². The van der Waals surface area contributed by atoms with E-state index < -0.39 is 0 Å². The minimum absolute atomic E-state index is 0.215. The molecule has 1 heterocycles. The van der Waals surface area contributed by atoms with Gasteiger partial charge >= 0.3 is 0 Å². The van der Waals surface area contributed by atoms with Crippen molar-refractivity contribution < 1.29 is 14.3 Å². The van der Waals surface area contributed by atoms with Crippen LogP contribution in [0.5, 0.6) is 11.5 Å². The first kappa shape index (κ1) is 17.5. The highest BCUT2D eigenvalue weighted by Gasteiger charge is 2.15. The van der Waals surface area contributed by atoms with Crippen LogP contribution >= 0.6 is 0 Å². The van der Waals surface area contributed by atoms with Gasteiger partial charge in [0.25, 0.3) is 5.91 Å². The number of aryl methyl sites for hydroxylation is 1. The van der Waals surface area contributed by atoms with Crippen LogP contribution in [0.15, 0.2) is 24.5 Å². The fourth-order valence-corrected chi connectivity index (χ4v) is 2.37. The van der Waals surface area contributed by atoms with Crippen LogP contribution < -0.4 is 14.8 Å². The number of nitrogens with zero attached hydrogens (tertiary/aromatic N) is 3. The van der Waals surface area contributed by atoms with Crippen molar-refractivity contribution in [3.63, 3.8) is 0 Å². The summed E-state index contributed by atoms with van der Waals surface area (Å²) >= 11 is 0. The smallest absolute Gasteiger partial charge is 0.251 e. The van der Waals surface area contributed by atoms with E-state index in [4.69, 9.17) is 9.47 Å². The van der Waals surface area contributed by atoms with Gasteiger partial charge in [-0.2, -0.15) is 0 Å². The van der Waals surface area contributed by atoms with Crippen LogP contribution in [0.4, 0.5) is 0 Å². The van der Waals surface area contributed by atoms with Gasteiger partial charge in [0.2, 0.25) is 0 Å². The van der Waals surface area contributed by atoms with E-state index in [0.29, 0.717) is 29.4 Å². The largest absolute Gasteiger partial charge is 0.493 e. The first-order valence-electron chi connectivity index (χ1n) is 7.68. The molecule has 0 radical (unpaired) electrons. The molecule has 0 spiro atoms. The lowest BCUT2D eigenvalue weighted by Crippen LogP contribution is -2.24. The van der Waals surface area contributed by atoms with Crippen molar-refractivity contribution in [1.82, 2.24) is 20.1 Å². The van der Waals surface area contributed by atoms with Gasteiger partial charge < -0.3 is 19.4 Å². The standard InChI is InChI=1S/C17H22N4O3/c1-5-7-12-8-13(9-14(23-3)16(12)24-4)17(22)18-10-15-20-19-11-21(15)6-2/h5,7-9,11H,6,10H2,1-4H3,(H,18,22)/b7-5-. The van der Waals surface area contributed by atoms with E-state index in [0.717, 1.165) is 12.1 Å². The number of methoxy groups -OCH3 is 2. The maximum atomic E-state index is 12.5. The molecular weight excluding hydrogens is 308 g/mol. The van der Waals surface area contributed by atoms with Gasteiger partial charge in [-0.15, -0.1) is 10.2 Å². The highest BCUT2D eigenvalue weighted by molar-refractivity contribution is 5.95. The summed E-state index contributed by atoms with van der Waals surface area (Å²) < 4.78 is 12.6. The van der Waals surface area contributed by atoms with Gasteiger partial charge in [-0.05, 0) is 26.0 Å². The molecule has 0 atom stereocenters. The monoisotopic (exact) mass is 330 g/mol. The third-order valence-electron chi connectivity index (χ3n) is 3.56. The number of nitrogens with one attached hydrogen (secondary N) is 1. The predicted molar refractivity (Wildman–Crippen MR) is 91.1 cm³/mol. The molecule has 7 heteroatoms. The topological polar surface area (TPSA) is 78.3 Å². The Bertz CT molecular complexity index is 737. The van der Waals surface area contributed by atoms with Crippen molar-refractivity contribution in [3.05, 3.63) is 41.5 Å². The Labute approximate surface area is 141 Å². The molecule has 0 aliphatic carbocycles. The van der Waals surface area contributed by atoms with Crippen LogP contribution in [0.25, 0.3) is 6.08 Å². The van der Waals surface area contributed by atoms with E-state index in [1.807, 2.05) is 30.6 Å². The predicted octanol–water partition coefficient (Wildman–Crippen LogP) is 2.28. The van der Waals surface area contributed by atoms with Gasteiger partial charge in [-0.25, -0.2) is 0 Å². The molecule has 2 aromatic rings. The third-order valence-corrected chi connectivity index (χ3v) is 3.56. The second kappa shape index (κ2) is 8.14. The molecule has 0 aliphatic rings. The molecule has 1 amide bonds. The van der Waals surface area contributed by atoms with Gasteiger partial charge in [-0.1, -0.05) is 12.2 Å². The van der Waals surface area contributed by atoms with Gasteiger partial charge in [-0.3, -0.25) is 4.79 Å². The van der Waals surface area contributed by atoms with Crippen molar-refractivity contribution in [2.24, 2.45) is 0 Å². The van der Waals surface area contributed by atoms with Crippen molar-refractivity contribution in [2.75, 3.05) is 14.2 Å². The van der Waals surface area contributed by atoms with Gasteiger partial charge in [0, 0.05) is 17.7 Å². The normalized spacial score (nSPS) is 10.8. The number of allylic oxidation sites excluding steroid dienone is 1. The number of carbonyl (C=O) groups is 1. The van der Waals surface area contributed by atoms with Gasteiger partial charge in [0.15, 0.2) is 17.3 Å². The summed E-state index contributed by atoms with van der Waals surface area (Å²) in [6.45, 7) is 4.95. The summed E-state index contributed by atoms with van der Waals surface area (Å²) in [7, 11) is 3.12. The van der Waals surface area contributed by atoms with Crippen molar-refractivity contribution in [2.45, 2.75) is 26.9 Å². The number of aromatic nitrogens is 3. The minimum Gasteiger partial charge on any atom is -0.493 e. The summed E-state index contributed by atoms with van der Waals surface area (Å²) in [6, 6.07) is 3.42. The zero-order chi connectivity index (χ0) is 17.5. The molecule has 7 nitrogen and oxygen atoms in total. The van der Waals surface area contributed by atoms with E-state index in [9.17, 15) is 4.79 Å². The summed E-state index contributed by atoms with van der Waals surface area (Å²) in [4.78, 5) is 12.5. The van der Waals surface area contributed by atoms with Crippen molar-refractivity contribution in [3.8, 4) is 11.5 Å². The SMILES string of the molecule is C/C=C\c1cc(C(=O)NCc2nncn2CC)cc(OC)c1OC. The average Bonchev–Trinajstić information content (AvgIpc) is 3.06. The zero-order valence-electron chi connectivity index (χ0n) is 14.4. The number of hydrogen-bond donors (Lipinski definition) is 1. The number of hydrogen-bond acceptors (Lipinski definition) is 5. The second-order valence-electron chi connectivity index (χ2n) is 5.02. The van der Waals surface area contributed by atoms with Crippen LogP contribution in [-0.4, -0.2) is 34.9 Å². The lowest BCUT2D eigenvalue weighted by Gasteiger charge is -2.13. The number of carbonyl (C=O) groups excluding carboxylic acids is 1. The highest BCUT2D eigenvalue weighted by atomic mass is 16.5. The first-order chi connectivity index (χ1) is 11.6. The molecule has 0 saturated heterocycles. The fourth-order valence-electron chi connectivity index (χ4n) is 2.37. The Balaban J connectivity index is 2.24. The molecule has 1 aromatic heterocycles. The molecule has 2 rings (SSSR count). The van der Waals surface area contributed by atoms with Crippen LogP contribution in [0.3, 0.4) is 0 Å². The van der Waals surface area contributed by atoms with Crippen LogP contribution in [-0.2, 0) is 13.1 Å². The molecule has 0 aliphatic heterocycles. The first-order valence-corrected chi connectivity index (χ1v) is 7.68. The molecule has 0 bridgehead atoms. The highest BCUT2D eigenvalue weighted by Crippen LogP contribution is 2.33. The molecule has 0 saturated carbocycles. The maximum Gasteiger partial charge on any atom is 0.251 e. The molecular formula is C17H22N4O3. The summed E-state index contributed by atoms with van der Waals surface area (Å²) in [6.07, 6.45) is 5.39. The van der Waals surface area contributed by atoms with Gasteiger partial charge in [0.1, 0.15) is 6.33 Å². The molecule has 128 valence electrons. The number of ether oxygens (including phenoxy) is 2. The lowest BCUT2D eigenvalue weighted by atomic mass is 10.1. The van der Waals surface area contributed by atoms with E-state index in [1.54, 1.807) is 32.7 Å². The van der Waals surface area contributed by atoms with Crippen molar-refractivity contribution in [1.29, 1.82) is 0 Å². The van der Waals surface area contributed by atoms with Crippen LogP contribution in [0.2, 0.25) is 0 Å². The average molecular weight is 330 g/mol. The Morgan fingerprint density at radius 2 is 2.12 bits per heavy atom. The van der Waals surface area contributed by atoms with E-state index in [1.165, 1.54) is 0 Å². The Morgan fingerprint density at radius 3 is 2.75 bits per heavy atom. The number of amides is 1. The quantitative estimate of drug-likeness (QED) is 0.842. The Kier molecular flexibility index (Phi) is 5.95. The summed E-state index contributed by atoms with van der Waals surface area (Å²) in [5, 5.41) is 10.7.